The van der Waals surface area contributed by atoms with Crippen LogP contribution in [0.25, 0.3) is 0 Å². The van der Waals surface area contributed by atoms with Gasteiger partial charge < -0.3 is 9.32 Å². The molecule has 29 heavy (non-hydrogen) atoms. The minimum Gasteiger partial charge on any atom is -0.466 e. The zero-order valence-electron chi connectivity index (χ0n) is 16.5. The molecule has 0 radical (unpaired) electrons. The van der Waals surface area contributed by atoms with Crippen LogP contribution in [0.3, 0.4) is 0 Å². The molecule has 1 saturated heterocycles. The molecule has 2 heterocycles. The number of nitrogens with one attached hydrogen (secondary N) is 2. The van der Waals surface area contributed by atoms with Gasteiger partial charge in [-0.05, 0) is 44.9 Å². The Labute approximate surface area is 168 Å². The van der Waals surface area contributed by atoms with Gasteiger partial charge in [0.25, 0.3) is 17.5 Å². The van der Waals surface area contributed by atoms with Gasteiger partial charge in [0, 0.05) is 24.7 Å². The van der Waals surface area contributed by atoms with Crippen LogP contribution >= 0.6 is 0 Å². The first kappa shape index (κ1) is 20.4. The van der Waals surface area contributed by atoms with E-state index in [0.717, 1.165) is 38.8 Å². The Bertz CT molecular complexity index is 929. The normalized spacial score (nSPS) is 14.2. The number of furan rings is 1. The summed E-state index contributed by atoms with van der Waals surface area (Å²) in [6, 6.07) is 5.94. The van der Waals surface area contributed by atoms with Crippen LogP contribution in [0.4, 0.5) is 11.4 Å². The zero-order chi connectivity index (χ0) is 21.0. The third-order valence-corrected chi connectivity index (χ3v) is 4.96. The summed E-state index contributed by atoms with van der Waals surface area (Å²) in [5.41, 5.74) is 5.40. The summed E-state index contributed by atoms with van der Waals surface area (Å²) in [6.07, 6.45) is 4.19. The number of hydrogen-bond donors (Lipinski definition) is 2. The van der Waals surface area contributed by atoms with Crippen LogP contribution in [0.2, 0.25) is 0 Å². The van der Waals surface area contributed by atoms with Crippen molar-refractivity contribution in [3.63, 3.8) is 0 Å². The maximum Gasteiger partial charge on any atom is 0.293 e. The molecular formula is C20H24N4O5. The average Bonchev–Trinajstić information content (AvgIpc) is 2.88. The van der Waals surface area contributed by atoms with Crippen LogP contribution < -0.4 is 15.8 Å². The molecule has 154 valence electrons. The maximum absolute atomic E-state index is 12.4. The number of hydrogen-bond acceptors (Lipinski definition) is 6. The van der Waals surface area contributed by atoms with Crippen molar-refractivity contribution in [2.24, 2.45) is 0 Å². The van der Waals surface area contributed by atoms with E-state index >= 15 is 0 Å². The van der Waals surface area contributed by atoms with Crippen LogP contribution in [-0.2, 0) is 0 Å². The standard InChI is InChI=1S/C20H24N4O5/c1-13-11-16(14(2)29-13)20(26)22-21-19(25)15-7-8-17(18(12-15)24(27)28)23-9-5-3-4-6-10-23/h7-8,11-12H,3-6,9-10H2,1-2H3,(H,21,25)(H,22,26). The van der Waals surface area contributed by atoms with Gasteiger partial charge in [0.15, 0.2) is 0 Å². The number of hydrazine groups is 1. The second-order valence-corrected chi connectivity index (χ2v) is 7.10. The topological polar surface area (TPSA) is 118 Å². The van der Waals surface area contributed by atoms with Crippen molar-refractivity contribution in [1.82, 2.24) is 10.9 Å². The SMILES string of the molecule is Cc1cc(C(=O)NNC(=O)c2ccc(N3CCCCCC3)c([N+](=O)[O-])c2)c(C)o1. The molecule has 9 heteroatoms. The second-order valence-electron chi connectivity index (χ2n) is 7.10. The molecule has 0 spiro atoms. The third kappa shape index (κ3) is 4.74. The minimum absolute atomic E-state index is 0.0932. The van der Waals surface area contributed by atoms with E-state index in [1.54, 1.807) is 26.0 Å². The highest BCUT2D eigenvalue weighted by molar-refractivity contribution is 6.00. The Hall–Kier alpha value is -3.36. The van der Waals surface area contributed by atoms with E-state index in [0.29, 0.717) is 22.8 Å². The number of aryl methyl sites for hydroxylation is 2. The number of carbonyl (C=O) groups excluding carboxylic acids is 2. The quantitative estimate of drug-likeness (QED) is 0.601. The fourth-order valence-electron chi connectivity index (χ4n) is 3.50. The summed E-state index contributed by atoms with van der Waals surface area (Å²) in [6.45, 7) is 4.87. The molecule has 1 aliphatic heterocycles. The number of anilines is 1. The average molecular weight is 400 g/mol. The van der Waals surface area contributed by atoms with E-state index in [1.165, 1.54) is 12.1 Å². The molecular weight excluding hydrogens is 376 g/mol. The Morgan fingerprint density at radius 3 is 2.28 bits per heavy atom. The van der Waals surface area contributed by atoms with Gasteiger partial charge in [0.2, 0.25) is 0 Å². The predicted molar refractivity (Wildman–Crippen MR) is 107 cm³/mol. The largest absolute Gasteiger partial charge is 0.466 e. The van der Waals surface area contributed by atoms with Crippen molar-refractivity contribution in [1.29, 1.82) is 0 Å². The lowest BCUT2D eigenvalue weighted by Gasteiger charge is -2.22. The first-order valence-corrected chi connectivity index (χ1v) is 9.58. The van der Waals surface area contributed by atoms with Crippen LogP contribution in [0.5, 0.6) is 0 Å². The first-order valence-electron chi connectivity index (χ1n) is 9.58. The molecule has 2 N–H and O–H groups in total. The fraction of sp³-hybridized carbons (Fsp3) is 0.400. The van der Waals surface area contributed by atoms with Crippen molar-refractivity contribution >= 4 is 23.2 Å². The molecule has 0 atom stereocenters. The van der Waals surface area contributed by atoms with Gasteiger partial charge in [0.1, 0.15) is 17.2 Å². The summed E-state index contributed by atoms with van der Waals surface area (Å²) in [5, 5.41) is 11.6. The van der Waals surface area contributed by atoms with Crippen LogP contribution in [0.15, 0.2) is 28.7 Å². The minimum atomic E-state index is -0.637. The number of nitrogens with zero attached hydrogens (tertiary/aromatic N) is 2. The van der Waals surface area contributed by atoms with E-state index in [1.807, 2.05) is 4.90 Å². The molecule has 2 aromatic rings. The van der Waals surface area contributed by atoms with Gasteiger partial charge in [-0.2, -0.15) is 0 Å². The van der Waals surface area contributed by atoms with Crippen LogP contribution in [0, 0.1) is 24.0 Å². The summed E-state index contributed by atoms with van der Waals surface area (Å²) in [5.74, 6) is -0.143. The summed E-state index contributed by atoms with van der Waals surface area (Å²) < 4.78 is 5.30. The van der Waals surface area contributed by atoms with Crippen molar-refractivity contribution in [3.05, 3.63) is 57.0 Å². The van der Waals surface area contributed by atoms with Gasteiger partial charge in [-0.1, -0.05) is 12.8 Å². The van der Waals surface area contributed by atoms with E-state index in [4.69, 9.17) is 4.42 Å². The predicted octanol–water partition coefficient (Wildman–Crippen LogP) is 3.26. The number of nitro benzene ring substituents is 1. The molecule has 0 unspecified atom stereocenters. The fourth-order valence-corrected chi connectivity index (χ4v) is 3.50. The third-order valence-electron chi connectivity index (χ3n) is 4.96. The van der Waals surface area contributed by atoms with Crippen LogP contribution in [0.1, 0.15) is 57.9 Å². The number of carbonyl (C=O) groups is 2. The lowest BCUT2D eigenvalue weighted by atomic mass is 10.1. The zero-order valence-corrected chi connectivity index (χ0v) is 16.5. The number of nitro groups is 1. The Morgan fingerprint density at radius 2 is 1.69 bits per heavy atom. The van der Waals surface area contributed by atoms with Gasteiger partial charge >= 0.3 is 0 Å². The van der Waals surface area contributed by atoms with Gasteiger partial charge in [-0.25, -0.2) is 0 Å². The summed E-state index contributed by atoms with van der Waals surface area (Å²) >= 11 is 0. The molecule has 2 amide bonds. The van der Waals surface area contributed by atoms with E-state index in [2.05, 4.69) is 10.9 Å². The highest BCUT2D eigenvalue weighted by Gasteiger charge is 2.23. The molecule has 1 aliphatic rings. The molecule has 9 nitrogen and oxygen atoms in total. The van der Waals surface area contributed by atoms with Gasteiger partial charge in [-0.3, -0.25) is 30.6 Å². The molecule has 1 aromatic heterocycles. The maximum atomic E-state index is 12.4. The van der Waals surface area contributed by atoms with Crippen molar-refractivity contribution < 1.29 is 18.9 Å². The van der Waals surface area contributed by atoms with Crippen molar-refractivity contribution in [3.8, 4) is 0 Å². The molecule has 0 aliphatic carbocycles. The molecule has 1 fully saturated rings. The lowest BCUT2D eigenvalue weighted by molar-refractivity contribution is -0.384. The Kier molecular flexibility index (Phi) is 6.16. The van der Waals surface area contributed by atoms with E-state index in [9.17, 15) is 19.7 Å². The summed E-state index contributed by atoms with van der Waals surface area (Å²) in [7, 11) is 0. The molecule has 3 rings (SSSR count). The van der Waals surface area contributed by atoms with E-state index < -0.39 is 16.7 Å². The highest BCUT2D eigenvalue weighted by Crippen LogP contribution is 2.31. The smallest absolute Gasteiger partial charge is 0.293 e. The highest BCUT2D eigenvalue weighted by atomic mass is 16.6. The van der Waals surface area contributed by atoms with Crippen molar-refractivity contribution in [2.45, 2.75) is 39.5 Å². The van der Waals surface area contributed by atoms with Crippen molar-refractivity contribution in [2.75, 3.05) is 18.0 Å². The van der Waals surface area contributed by atoms with E-state index in [-0.39, 0.29) is 11.3 Å². The number of amides is 2. The monoisotopic (exact) mass is 400 g/mol. The van der Waals surface area contributed by atoms with Crippen LogP contribution in [-0.4, -0.2) is 29.8 Å². The van der Waals surface area contributed by atoms with Gasteiger partial charge in [0.05, 0.1) is 10.5 Å². The number of rotatable bonds is 4. The lowest BCUT2D eigenvalue weighted by Crippen LogP contribution is -2.41. The molecule has 0 saturated carbocycles. The first-order chi connectivity index (χ1) is 13.9. The Morgan fingerprint density at radius 1 is 1.03 bits per heavy atom. The summed E-state index contributed by atoms with van der Waals surface area (Å²) in [4.78, 5) is 37.7. The van der Waals surface area contributed by atoms with Gasteiger partial charge in [-0.15, -0.1) is 0 Å². The molecule has 1 aromatic carbocycles. The Balaban J connectivity index is 1.73. The second kappa shape index (κ2) is 8.76. The number of benzene rings is 1. The molecule has 0 bridgehead atoms.